The molecular weight excluding hydrogens is 252 g/mol. The average molecular weight is 276 g/mol. The van der Waals surface area contributed by atoms with Crippen LogP contribution < -0.4 is 0 Å². The van der Waals surface area contributed by atoms with Gasteiger partial charge in [0, 0.05) is 11.8 Å². The summed E-state index contributed by atoms with van der Waals surface area (Å²) in [5.74, 6) is 1.42. The Labute approximate surface area is 120 Å². The topological polar surface area (TPSA) is 35.5 Å². The van der Waals surface area contributed by atoms with Crippen LogP contribution in [0.1, 0.15) is 58.8 Å². The van der Waals surface area contributed by atoms with E-state index in [0.717, 1.165) is 18.8 Å². The Bertz CT molecular complexity index is 502. The molecule has 110 valence electrons. The first kappa shape index (κ1) is 12.0. The predicted octanol–water partition coefficient (Wildman–Crippen LogP) is 3.07. The minimum absolute atomic E-state index is 0.0166. The summed E-state index contributed by atoms with van der Waals surface area (Å²) in [6.45, 7) is 4.73. The quantitative estimate of drug-likeness (QED) is 0.638. The largest absolute Gasteiger partial charge is 0.462 e. The molecule has 3 aliphatic carbocycles. The van der Waals surface area contributed by atoms with Crippen LogP contribution in [0.5, 0.6) is 0 Å². The van der Waals surface area contributed by atoms with Crippen molar-refractivity contribution in [2.45, 2.75) is 76.6 Å². The fourth-order valence-electron chi connectivity index (χ4n) is 7.12. The molecular formula is C17H24O3. The molecule has 3 heteroatoms. The van der Waals surface area contributed by atoms with E-state index in [1.54, 1.807) is 0 Å². The molecule has 6 rings (SSSR count). The highest BCUT2D eigenvalue weighted by atomic mass is 16.5. The Morgan fingerprint density at radius 2 is 2.10 bits per heavy atom. The summed E-state index contributed by atoms with van der Waals surface area (Å²) in [6.07, 6.45) is 8.37. The molecule has 0 amide bonds. The summed E-state index contributed by atoms with van der Waals surface area (Å²) in [7, 11) is 0. The summed E-state index contributed by atoms with van der Waals surface area (Å²) in [5, 5.41) is 0. The first-order chi connectivity index (χ1) is 9.45. The number of carbonyl (C=O) groups excluding carboxylic acids is 1. The zero-order valence-corrected chi connectivity index (χ0v) is 12.5. The number of ether oxygens (including phenoxy) is 2. The van der Waals surface area contributed by atoms with Crippen LogP contribution in [0.25, 0.3) is 0 Å². The van der Waals surface area contributed by atoms with Gasteiger partial charge in [0.1, 0.15) is 6.10 Å². The van der Waals surface area contributed by atoms with Crippen LogP contribution in [-0.4, -0.2) is 23.8 Å². The van der Waals surface area contributed by atoms with Crippen LogP contribution >= 0.6 is 0 Å². The number of carbonyl (C=O) groups is 1. The molecule has 0 aromatic rings. The van der Waals surface area contributed by atoms with E-state index >= 15 is 0 Å². The van der Waals surface area contributed by atoms with E-state index in [4.69, 9.17) is 9.47 Å². The van der Waals surface area contributed by atoms with Gasteiger partial charge in [-0.2, -0.15) is 0 Å². The van der Waals surface area contributed by atoms with Gasteiger partial charge in [-0.05, 0) is 62.7 Å². The molecule has 3 heterocycles. The molecule has 0 radical (unpaired) electrons. The number of rotatable bonds is 0. The monoisotopic (exact) mass is 276 g/mol. The van der Waals surface area contributed by atoms with E-state index in [2.05, 4.69) is 13.8 Å². The molecule has 1 spiro atoms. The maximum Gasteiger partial charge on any atom is 0.306 e. The highest BCUT2D eigenvalue weighted by Crippen LogP contribution is 2.74. The van der Waals surface area contributed by atoms with Crippen LogP contribution in [0.4, 0.5) is 0 Å². The van der Waals surface area contributed by atoms with E-state index in [-0.39, 0.29) is 23.1 Å². The molecule has 0 aromatic heterocycles. The van der Waals surface area contributed by atoms with Gasteiger partial charge in [0.2, 0.25) is 0 Å². The van der Waals surface area contributed by atoms with Crippen LogP contribution in [0.15, 0.2) is 0 Å². The zero-order chi connectivity index (χ0) is 13.8. The van der Waals surface area contributed by atoms with Gasteiger partial charge in [-0.3, -0.25) is 4.79 Å². The Morgan fingerprint density at radius 3 is 2.90 bits per heavy atom. The first-order valence-electron chi connectivity index (χ1n) is 8.33. The van der Waals surface area contributed by atoms with Gasteiger partial charge >= 0.3 is 5.97 Å². The summed E-state index contributed by atoms with van der Waals surface area (Å²) in [5.41, 5.74) is 0.818. The second-order valence-corrected chi connectivity index (χ2v) is 8.65. The standard InChI is InChI=1S/C17H24O3/c1-15-5-4-13(18)19-12(15)3-6-17-8-10-7-11(14(15)17)20-16(10,2)9-17/h10-12,14H,3-9H2,1-2H3/t10-,11+,12-,14+,15-,16+,17+/m1/s1. The fourth-order valence-corrected chi connectivity index (χ4v) is 7.12. The van der Waals surface area contributed by atoms with Crippen LogP contribution in [0.2, 0.25) is 0 Å². The Hall–Kier alpha value is -0.570. The zero-order valence-electron chi connectivity index (χ0n) is 12.5. The lowest BCUT2D eigenvalue weighted by molar-refractivity contribution is -0.235. The van der Waals surface area contributed by atoms with Gasteiger partial charge in [-0.15, -0.1) is 0 Å². The van der Waals surface area contributed by atoms with Gasteiger partial charge in [0.15, 0.2) is 0 Å². The minimum atomic E-state index is 0.0166. The lowest BCUT2D eigenvalue weighted by Crippen LogP contribution is -2.61. The van der Waals surface area contributed by atoms with Crippen molar-refractivity contribution in [3.8, 4) is 0 Å². The lowest BCUT2D eigenvalue weighted by atomic mass is 9.47. The number of esters is 1. The second-order valence-electron chi connectivity index (χ2n) is 8.65. The Balaban J connectivity index is 1.59. The molecule has 0 N–H and O–H groups in total. The third kappa shape index (κ3) is 1.17. The molecule has 20 heavy (non-hydrogen) atoms. The van der Waals surface area contributed by atoms with Crippen molar-refractivity contribution in [3.05, 3.63) is 0 Å². The summed E-state index contributed by atoms with van der Waals surface area (Å²) in [6, 6.07) is 0. The number of hydrogen-bond donors (Lipinski definition) is 0. The third-order valence-electron chi connectivity index (χ3n) is 7.68. The molecule has 0 aromatic carbocycles. The predicted molar refractivity (Wildman–Crippen MR) is 73.0 cm³/mol. The minimum Gasteiger partial charge on any atom is -0.462 e. The summed E-state index contributed by atoms with van der Waals surface area (Å²) >= 11 is 0. The molecule has 6 fully saturated rings. The molecule has 3 aliphatic heterocycles. The van der Waals surface area contributed by atoms with Gasteiger partial charge < -0.3 is 9.47 Å². The Morgan fingerprint density at radius 1 is 1.25 bits per heavy atom. The van der Waals surface area contributed by atoms with Crippen LogP contribution in [0.3, 0.4) is 0 Å². The lowest BCUT2D eigenvalue weighted by Gasteiger charge is -2.61. The second kappa shape index (κ2) is 3.26. The van der Waals surface area contributed by atoms with E-state index in [1.807, 2.05) is 0 Å². The molecule has 3 saturated carbocycles. The van der Waals surface area contributed by atoms with Crippen molar-refractivity contribution < 1.29 is 14.3 Å². The molecule has 3 saturated heterocycles. The molecule has 3 nitrogen and oxygen atoms in total. The highest BCUT2D eigenvalue weighted by Gasteiger charge is 2.73. The maximum absolute atomic E-state index is 11.7. The van der Waals surface area contributed by atoms with E-state index in [1.165, 1.54) is 25.7 Å². The van der Waals surface area contributed by atoms with Crippen molar-refractivity contribution in [1.29, 1.82) is 0 Å². The van der Waals surface area contributed by atoms with Gasteiger partial charge in [0.05, 0.1) is 11.7 Å². The van der Waals surface area contributed by atoms with Crippen molar-refractivity contribution >= 4 is 5.97 Å². The van der Waals surface area contributed by atoms with Crippen molar-refractivity contribution in [3.63, 3.8) is 0 Å². The fraction of sp³-hybridized carbons (Fsp3) is 0.941. The average Bonchev–Trinajstić information content (AvgIpc) is 2.73. The summed E-state index contributed by atoms with van der Waals surface area (Å²) < 4.78 is 12.2. The van der Waals surface area contributed by atoms with E-state index in [0.29, 0.717) is 23.9 Å². The number of hydrogen-bond acceptors (Lipinski definition) is 3. The van der Waals surface area contributed by atoms with Crippen LogP contribution in [-0.2, 0) is 14.3 Å². The van der Waals surface area contributed by atoms with E-state index in [9.17, 15) is 4.79 Å². The third-order valence-corrected chi connectivity index (χ3v) is 7.68. The van der Waals surface area contributed by atoms with Gasteiger partial charge in [-0.1, -0.05) is 6.92 Å². The van der Waals surface area contributed by atoms with Gasteiger partial charge in [-0.25, -0.2) is 0 Å². The normalized spacial score (nSPS) is 63.0. The summed E-state index contributed by atoms with van der Waals surface area (Å²) in [4.78, 5) is 11.7. The van der Waals surface area contributed by atoms with Crippen molar-refractivity contribution in [1.82, 2.24) is 0 Å². The molecule has 4 bridgehead atoms. The first-order valence-corrected chi connectivity index (χ1v) is 8.33. The molecule has 7 atom stereocenters. The van der Waals surface area contributed by atoms with Crippen molar-refractivity contribution in [2.75, 3.05) is 0 Å². The highest BCUT2D eigenvalue weighted by molar-refractivity contribution is 5.70. The number of fused-ring (bicyclic) bond motifs is 1. The smallest absolute Gasteiger partial charge is 0.306 e. The van der Waals surface area contributed by atoms with Crippen molar-refractivity contribution in [2.24, 2.45) is 22.7 Å². The molecule has 0 unspecified atom stereocenters. The molecule has 6 aliphatic rings. The van der Waals surface area contributed by atoms with Crippen LogP contribution in [0, 0.1) is 22.7 Å². The maximum atomic E-state index is 11.7. The SMILES string of the molecule is C[C@@]12CCC(=O)O[C@@H]1CC[C@]13C[C@H]4C[C@H](O[C@@]4(C)C1)[C@H]32. The van der Waals surface area contributed by atoms with E-state index < -0.39 is 0 Å². The Kier molecular flexibility index (Phi) is 1.96. The van der Waals surface area contributed by atoms with Gasteiger partial charge in [0.25, 0.3) is 0 Å².